The van der Waals surface area contributed by atoms with Gasteiger partial charge in [0, 0.05) is 38.4 Å². The van der Waals surface area contributed by atoms with Crippen LogP contribution in [0, 0.1) is 23.0 Å². The van der Waals surface area contributed by atoms with Gasteiger partial charge in [0.25, 0.3) is 0 Å². The highest BCUT2D eigenvalue weighted by Gasteiger charge is 2.21. The van der Waals surface area contributed by atoms with E-state index in [0.29, 0.717) is 18.7 Å². The highest BCUT2D eigenvalue weighted by molar-refractivity contribution is 5.48. The molecular formula is C21H27F2N3. The van der Waals surface area contributed by atoms with Crippen molar-refractivity contribution in [3.05, 3.63) is 57.8 Å². The molecule has 0 atom stereocenters. The predicted molar refractivity (Wildman–Crippen MR) is 100 cm³/mol. The summed E-state index contributed by atoms with van der Waals surface area (Å²) in [5.74, 6) is -1.09. The summed E-state index contributed by atoms with van der Waals surface area (Å²) in [5, 5.41) is 12.9. The zero-order valence-corrected chi connectivity index (χ0v) is 15.8. The van der Waals surface area contributed by atoms with Crippen molar-refractivity contribution in [2.24, 2.45) is 0 Å². The maximum Gasteiger partial charge on any atom is 0.126 e. The molecule has 0 radical (unpaired) electrons. The van der Waals surface area contributed by atoms with Gasteiger partial charge in [0.2, 0.25) is 0 Å². The maximum absolute atomic E-state index is 13.4. The molecule has 0 spiro atoms. The van der Waals surface area contributed by atoms with Crippen LogP contribution in [0.1, 0.15) is 45.1 Å². The van der Waals surface area contributed by atoms with Crippen LogP contribution in [0.5, 0.6) is 0 Å². The first-order valence-electron chi connectivity index (χ1n) is 9.15. The Bertz CT molecular complexity index is 724. The molecule has 0 bridgehead atoms. The molecule has 0 saturated carbocycles. The molecule has 1 aliphatic rings. The second kappa shape index (κ2) is 9.49. The highest BCUT2D eigenvalue weighted by Crippen LogP contribution is 2.28. The summed E-state index contributed by atoms with van der Waals surface area (Å²) >= 11 is 0. The molecular weight excluding hydrogens is 332 g/mol. The standard InChI is InChI=1S/C21H27F2N3/c1-4-5-6-21(25-3)20(12-24)19-7-8-26(13-15(19)2)14-16-9-17(22)11-18(23)10-16/h9-11,25H,4-8,13-14H2,1-3H3/b21-20+. The lowest BCUT2D eigenvalue weighted by atomic mass is 9.92. The molecule has 0 saturated heterocycles. The van der Waals surface area contributed by atoms with Gasteiger partial charge in [-0.2, -0.15) is 5.26 Å². The first kappa shape index (κ1) is 20.1. The summed E-state index contributed by atoms with van der Waals surface area (Å²) in [6, 6.07) is 6.03. The number of halogens is 2. The normalized spacial score (nSPS) is 16.3. The molecule has 0 aromatic heterocycles. The Morgan fingerprint density at radius 2 is 1.96 bits per heavy atom. The molecule has 1 aliphatic heterocycles. The molecule has 140 valence electrons. The number of hydrogen-bond acceptors (Lipinski definition) is 3. The van der Waals surface area contributed by atoms with Crippen LogP contribution in [0.15, 0.2) is 40.6 Å². The number of nitriles is 1. The monoisotopic (exact) mass is 359 g/mol. The molecule has 0 unspecified atom stereocenters. The summed E-state index contributed by atoms with van der Waals surface area (Å²) in [4.78, 5) is 2.16. The van der Waals surface area contributed by atoms with Gasteiger partial charge in [-0.3, -0.25) is 4.90 Å². The van der Waals surface area contributed by atoms with Gasteiger partial charge in [-0.05, 0) is 49.5 Å². The minimum absolute atomic E-state index is 0.500. The predicted octanol–water partition coefficient (Wildman–Crippen LogP) is 4.67. The summed E-state index contributed by atoms with van der Waals surface area (Å²) in [6.45, 7) is 6.14. The fraction of sp³-hybridized carbons (Fsp3) is 0.476. The Morgan fingerprint density at radius 3 is 2.50 bits per heavy atom. The lowest BCUT2D eigenvalue weighted by molar-refractivity contribution is 0.277. The smallest absolute Gasteiger partial charge is 0.126 e. The molecule has 1 heterocycles. The van der Waals surface area contributed by atoms with E-state index < -0.39 is 11.6 Å². The summed E-state index contributed by atoms with van der Waals surface area (Å²) in [7, 11) is 1.87. The lowest BCUT2D eigenvalue weighted by Crippen LogP contribution is -2.31. The number of nitrogens with one attached hydrogen (secondary N) is 1. The van der Waals surface area contributed by atoms with Crippen LogP contribution < -0.4 is 5.32 Å². The lowest BCUT2D eigenvalue weighted by Gasteiger charge is -2.30. The van der Waals surface area contributed by atoms with Crippen molar-refractivity contribution in [1.29, 1.82) is 5.26 Å². The van der Waals surface area contributed by atoms with Crippen molar-refractivity contribution < 1.29 is 8.78 Å². The average Bonchev–Trinajstić information content (AvgIpc) is 2.59. The van der Waals surface area contributed by atoms with E-state index in [-0.39, 0.29) is 0 Å². The summed E-state index contributed by atoms with van der Waals surface area (Å²) < 4.78 is 26.8. The Kier molecular flexibility index (Phi) is 7.35. The summed E-state index contributed by atoms with van der Waals surface area (Å²) in [5.41, 5.74) is 4.65. The minimum atomic E-state index is -0.547. The van der Waals surface area contributed by atoms with E-state index in [0.717, 1.165) is 60.7 Å². The number of nitrogens with zero attached hydrogens (tertiary/aromatic N) is 2. The van der Waals surface area contributed by atoms with Crippen LogP contribution in [0.4, 0.5) is 8.78 Å². The van der Waals surface area contributed by atoms with Crippen LogP contribution in [0.2, 0.25) is 0 Å². The van der Waals surface area contributed by atoms with E-state index in [2.05, 4.69) is 23.2 Å². The third-order valence-electron chi connectivity index (χ3n) is 4.78. The zero-order valence-electron chi connectivity index (χ0n) is 15.8. The molecule has 0 aliphatic carbocycles. The average molecular weight is 359 g/mol. The van der Waals surface area contributed by atoms with Crippen LogP contribution in [-0.4, -0.2) is 25.0 Å². The number of rotatable bonds is 7. The van der Waals surface area contributed by atoms with Crippen molar-refractivity contribution >= 4 is 0 Å². The minimum Gasteiger partial charge on any atom is -0.390 e. The first-order chi connectivity index (χ1) is 12.5. The SMILES string of the molecule is CCCC/C(NC)=C(/C#N)C1=C(C)CN(Cc2cc(F)cc(F)c2)CC1. The maximum atomic E-state index is 13.4. The van der Waals surface area contributed by atoms with Crippen molar-refractivity contribution in [2.45, 2.75) is 46.1 Å². The molecule has 1 aromatic carbocycles. The molecule has 5 heteroatoms. The van der Waals surface area contributed by atoms with E-state index in [4.69, 9.17) is 0 Å². The molecule has 0 fully saturated rings. The van der Waals surface area contributed by atoms with E-state index in [1.807, 2.05) is 14.0 Å². The fourth-order valence-electron chi connectivity index (χ4n) is 3.47. The first-order valence-corrected chi connectivity index (χ1v) is 9.15. The van der Waals surface area contributed by atoms with Gasteiger partial charge in [0.1, 0.15) is 17.7 Å². The largest absolute Gasteiger partial charge is 0.390 e. The number of unbranched alkanes of at least 4 members (excludes halogenated alkanes) is 1. The van der Waals surface area contributed by atoms with Crippen molar-refractivity contribution in [1.82, 2.24) is 10.2 Å². The van der Waals surface area contributed by atoms with Crippen LogP contribution >= 0.6 is 0 Å². The third kappa shape index (κ3) is 5.15. The van der Waals surface area contributed by atoms with Crippen molar-refractivity contribution in [3.8, 4) is 6.07 Å². The number of benzene rings is 1. The zero-order chi connectivity index (χ0) is 19.1. The van der Waals surface area contributed by atoms with Gasteiger partial charge in [-0.1, -0.05) is 18.9 Å². The van der Waals surface area contributed by atoms with E-state index in [9.17, 15) is 14.0 Å². The van der Waals surface area contributed by atoms with Crippen molar-refractivity contribution in [2.75, 3.05) is 20.1 Å². The Balaban J connectivity index is 2.17. The molecule has 0 amide bonds. The van der Waals surface area contributed by atoms with E-state index >= 15 is 0 Å². The number of hydrogen-bond donors (Lipinski definition) is 1. The van der Waals surface area contributed by atoms with Gasteiger partial charge in [0.05, 0.1) is 5.57 Å². The van der Waals surface area contributed by atoms with Gasteiger partial charge in [0.15, 0.2) is 0 Å². The second-order valence-corrected chi connectivity index (χ2v) is 6.82. The third-order valence-corrected chi connectivity index (χ3v) is 4.78. The van der Waals surface area contributed by atoms with Gasteiger partial charge in [-0.25, -0.2) is 8.78 Å². The van der Waals surface area contributed by atoms with Gasteiger partial charge in [-0.15, -0.1) is 0 Å². The van der Waals surface area contributed by atoms with Crippen LogP contribution in [-0.2, 0) is 6.54 Å². The summed E-state index contributed by atoms with van der Waals surface area (Å²) in [6.07, 6.45) is 3.77. The molecule has 2 rings (SSSR count). The highest BCUT2D eigenvalue weighted by atomic mass is 19.1. The van der Waals surface area contributed by atoms with Crippen LogP contribution in [0.3, 0.4) is 0 Å². The molecule has 3 nitrogen and oxygen atoms in total. The van der Waals surface area contributed by atoms with Gasteiger partial charge >= 0.3 is 0 Å². The fourth-order valence-corrected chi connectivity index (χ4v) is 3.47. The Morgan fingerprint density at radius 1 is 1.27 bits per heavy atom. The van der Waals surface area contributed by atoms with Gasteiger partial charge < -0.3 is 5.32 Å². The topological polar surface area (TPSA) is 39.1 Å². The second-order valence-electron chi connectivity index (χ2n) is 6.82. The molecule has 26 heavy (non-hydrogen) atoms. The van der Waals surface area contributed by atoms with Crippen LogP contribution in [0.25, 0.3) is 0 Å². The molecule has 1 aromatic rings. The molecule has 1 N–H and O–H groups in total. The quantitative estimate of drug-likeness (QED) is 0.719. The van der Waals surface area contributed by atoms with Crippen molar-refractivity contribution in [3.63, 3.8) is 0 Å². The Hall–Kier alpha value is -2.19. The van der Waals surface area contributed by atoms with E-state index in [1.54, 1.807) is 0 Å². The number of allylic oxidation sites excluding steroid dienone is 2. The van der Waals surface area contributed by atoms with E-state index in [1.165, 1.54) is 12.1 Å². The Labute approximate surface area is 155 Å².